The summed E-state index contributed by atoms with van der Waals surface area (Å²) in [6.45, 7) is 9.30. The molecule has 0 saturated heterocycles. The maximum Gasteiger partial charge on any atom is 0.158 e. The van der Waals surface area contributed by atoms with Gasteiger partial charge in [-0.15, -0.1) is 0 Å². The molecule has 120 valence electrons. The molecule has 1 atom stereocenters. The highest BCUT2D eigenvalue weighted by molar-refractivity contribution is 7.99. The molecule has 1 heterocycles. The summed E-state index contributed by atoms with van der Waals surface area (Å²) >= 11 is 1.88. The van der Waals surface area contributed by atoms with Crippen LogP contribution in [-0.2, 0) is 11.3 Å². The molecule has 0 aliphatic carbocycles. The van der Waals surface area contributed by atoms with Crippen LogP contribution in [-0.4, -0.2) is 41.2 Å². The largest absolute Gasteiger partial charge is 0.374 e. The van der Waals surface area contributed by atoms with Gasteiger partial charge < -0.3 is 15.4 Å². The van der Waals surface area contributed by atoms with Crippen LogP contribution in [0.1, 0.15) is 39.4 Å². The Hall–Kier alpha value is -1.01. The predicted octanol–water partition coefficient (Wildman–Crippen LogP) is 3.39. The first-order valence-electron chi connectivity index (χ1n) is 7.65. The van der Waals surface area contributed by atoms with E-state index in [4.69, 9.17) is 4.74 Å². The van der Waals surface area contributed by atoms with E-state index in [0.717, 1.165) is 43.4 Å². The highest BCUT2D eigenvalue weighted by atomic mass is 32.2. The summed E-state index contributed by atoms with van der Waals surface area (Å²) in [5.41, 5.74) is 0. The topological polar surface area (TPSA) is 59.1 Å². The Labute approximate surface area is 132 Å². The molecule has 1 aromatic rings. The van der Waals surface area contributed by atoms with Crippen molar-refractivity contribution in [2.24, 2.45) is 0 Å². The standard InChI is InChI=1S/C15H28N4OS/c1-5-8-16-13-10-14(17-9-7-12(3)21-4)19-15(18-13)11-20-6-2/h10,12H,5-9,11H2,1-4H3,(H2,16,17,18,19). The maximum atomic E-state index is 5.41. The van der Waals surface area contributed by atoms with Crippen molar-refractivity contribution in [1.82, 2.24) is 9.97 Å². The Bertz CT molecular complexity index is 377. The van der Waals surface area contributed by atoms with Crippen LogP contribution in [0.5, 0.6) is 0 Å². The average molecular weight is 312 g/mol. The van der Waals surface area contributed by atoms with Crippen LogP contribution in [0.2, 0.25) is 0 Å². The molecule has 0 spiro atoms. The van der Waals surface area contributed by atoms with Crippen molar-refractivity contribution >= 4 is 23.4 Å². The number of ether oxygens (including phenoxy) is 1. The molecule has 0 fully saturated rings. The van der Waals surface area contributed by atoms with Crippen molar-refractivity contribution in [3.63, 3.8) is 0 Å². The molecule has 2 N–H and O–H groups in total. The number of hydrogen-bond acceptors (Lipinski definition) is 6. The molecule has 0 radical (unpaired) electrons. The molecule has 0 aliphatic heterocycles. The predicted molar refractivity (Wildman–Crippen MR) is 92.2 cm³/mol. The maximum absolute atomic E-state index is 5.41. The SMILES string of the molecule is CCCNc1cc(NCCC(C)SC)nc(COCC)n1. The van der Waals surface area contributed by atoms with E-state index in [-0.39, 0.29) is 0 Å². The summed E-state index contributed by atoms with van der Waals surface area (Å²) in [5, 5.41) is 7.35. The summed E-state index contributed by atoms with van der Waals surface area (Å²) in [5.74, 6) is 2.45. The van der Waals surface area contributed by atoms with Gasteiger partial charge in [0, 0.05) is 31.0 Å². The van der Waals surface area contributed by atoms with E-state index in [1.807, 2.05) is 24.8 Å². The van der Waals surface area contributed by atoms with Gasteiger partial charge in [0.25, 0.3) is 0 Å². The van der Waals surface area contributed by atoms with Gasteiger partial charge in [-0.05, 0) is 26.0 Å². The molecule has 1 rings (SSSR count). The lowest BCUT2D eigenvalue weighted by molar-refractivity contribution is 0.128. The van der Waals surface area contributed by atoms with Gasteiger partial charge in [0.1, 0.15) is 18.2 Å². The molecule has 1 unspecified atom stereocenters. The van der Waals surface area contributed by atoms with Crippen LogP contribution >= 0.6 is 11.8 Å². The second-order valence-electron chi connectivity index (χ2n) is 4.88. The van der Waals surface area contributed by atoms with Crippen molar-refractivity contribution in [3.8, 4) is 0 Å². The Balaban J connectivity index is 2.65. The monoisotopic (exact) mass is 312 g/mol. The van der Waals surface area contributed by atoms with E-state index in [9.17, 15) is 0 Å². The van der Waals surface area contributed by atoms with Gasteiger partial charge >= 0.3 is 0 Å². The van der Waals surface area contributed by atoms with Crippen LogP contribution in [0, 0.1) is 0 Å². The summed E-state index contributed by atoms with van der Waals surface area (Å²) in [4.78, 5) is 8.98. The van der Waals surface area contributed by atoms with E-state index in [1.165, 1.54) is 0 Å². The van der Waals surface area contributed by atoms with E-state index in [0.29, 0.717) is 18.5 Å². The average Bonchev–Trinajstić information content (AvgIpc) is 2.50. The van der Waals surface area contributed by atoms with Crippen molar-refractivity contribution < 1.29 is 4.74 Å². The van der Waals surface area contributed by atoms with Gasteiger partial charge in [0.2, 0.25) is 0 Å². The quantitative estimate of drug-likeness (QED) is 0.653. The third-order valence-corrected chi connectivity index (χ3v) is 4.06. The highest BCUT2D eigenvalue weighted by Crippen LogP contribution is 2.14. The number of nitrogens with zero attached hydrogens (tertiary/aromatic N) is 2. The second-order valence-corrected chi connectivity index (χ2v) is 6.16. The molecular weight excluding hydrogens is 284 g/mol. The molecule has 5 nitrogen and oxygen atoms in total. The van der Waals surface area contributed by atoms with Crippen LogP contribution in [0.3, 0.4) is 0 Å². The minimum Gasteiger partial charge on any atom is -0.374 e. The minimum atomic E-state index is 0.452. The van der Waals surface area contributed by atoms with Crippen LogP contribution in [0.15, 0.2) is 6.07 Å². The fourth-order valence-electron chi connectivity index (χ4n) is 1.71. The van der Waals surface area contributed by atoms with E-state index in [2.05, 4.69) is 40.7 Å². The zero-order valence-corrected chi connectivity index (χ0v) is 14.4. The lowest BCUT2D eigenvalue weighted by Crippen LogP contribution is -2.12. The zero-order chi connectivity index (χ0) is 15.5. The smallest absolute Gasteiger partial charge is 0.158 e. The Morgan fingerprint density at radius 3 is 2.43 bits per heavy atom. The number of nitrogens with one attached hydrogen (secondary N) is 2. The molecule has 0 bridgehead atoms. The van der Waals surface area contributed by atoms with Gasteiger partial charge in [-0.2, -0.15) is 11.8 Å². The minimum absolute atomic E-state index is 0.452. The fraction of sp³-hybridized carbons (Fsp3) is 0.733. The van der Waals surface area contributed by atoms with Gasteiger partial charge in [0.15, 0.2) is 5.82 Å². The van der Waals surface area contributed by atoms with E-state index >= 15 is 0 Å². The highest BCUT2D eigenvalue weighted by Gasteiger charge is 2.05. The van der Waals surface area contributed by atoms with Crippen LogP contribution < -0.4 is 10.6 Å². The van der Waals surface area contributed by atoms with Crippen LogP contribution in [0.4, 0.5) is 11.6 Å². The number of anilines is 2. The first-order valence-corrected chi connectivity index (χ1v) is 8.94. The molecule has 0 amide bonds. The zero-order valence-electron chi connectivity index (χ0n) is 13.6. The van der Waals surface area contributed by atoms with E-state index in [1.54, 1.807) is 0 Å². The summed E-state index contributed by atoms with van der Waals surface area (Å²) in [7, 11) is 0. The molecule has 6 heteroatoms. The lowest BCUT2D eigenvalue weighted by Gasteiger charge is -2.12. The molecule has 0 aliphatic rings. The van der Waals surface area contributed by atoms with E-state index < -0.39 is 0 Å². The molecule has 0 aromatic carbocycles. The van der Waals surface area contributed by atoms with Crippen molar-refractivity contribution in [3.05, 3.63) is 11.9 Å². The molecule has 0 saturated carbocycles. The molecule has 21 heavy (non-hydrogen) atoms. The first-order chi connectivity index (χ1) is 10.2. The number of rotatable bonds is 11. The number of aromatic nitrogens is 2. The first kappa shape index (κ1) is 18.0. The second kappa shape index (κ2) is 10.7. The van der Waals surface area contributed by atoms with Gasteiger partial charge in [-0.1, -0.05) is 13.8 Å². The Morgan fingerprint density at radius 2 is 1.86 bits per heavy atom. The number of thioether (sulfide) groups is 1. The normalized spacial score (nSPS) is 12.2. The van der Waals surface area contributed by atoms with Crippen LogP contribution in [0.25, 0.3) is 0 Å². The van der Waals surface area contributed by atoms with Crippen molar-refractivity contribution in [2.45, 2.75) is 45.5 Å². The fourth-order valence-corrected chi connectivity index (χ4v) is 2.06. The van der Waals surface area contributed by atoms with Gasteiger partial charge in [0.05, 0.1) is 0 Å². The van der Waals surface area contributed by atoms with Gasteiger partial charge in [-0.25, -0.2) is 9.97 Å². The summed E-state index contributed by atoms with van der Waals surface area (Å²) in [6.07, 6.45) is 4.32. The summed E-state index contributed by atoms with van der Waals surface area (Å²) < 4.78 is 5.41. The van der Waals surface area contributed by atoms with Crippen molar-refractivity contribution in [1.29, 1.82) is 0 Å². The Kier molecular flexibility index (Phi) is 9.17. The number of hydrogen-bond donors (Lipinski definition) is 2. The lowest BCUT2D eigenvalue weighted by atomic mass is 10.3. The summed E-state index contributed by atoms with van der Waals surface area (Å²) in [6, 6.07) is 1.97. The van der Waals surface area contributed by atoms with Crippen molar-refractivity contribution in [2.75, 3.05) is 36.6 Å². The Morgan fingerprint density at radius 1 is 1.19 bits per heavy atom. The van der Waals surface area contributed by atoms with Gasteiger partial charge in [-0.3, -0.25) is 0 Å². The molecule has 1 aromatic heterocycles. The molecular formula is C15H28N4OS. The third kappa shape index (κ3) is 7.52. The third-order valence-electron chi connectivity index (χ3n) is 3.02.